The largest absolute Gasteiger partial charge is 0.480 e. The molecule has 1 aromatic rings. The molecule has 3 fully saturated rings. The van der Waals surface area contributed by atoms with Crippen molar-refractivity contribution in [3.05, 3.63) is 18.2 Å². The number of rotatable bonds is 25. The maximum absolute atomic E-state index is 14.7. The number of carbonyl (C=O) groups excluding carboxylic acids is 11. The van der Waals surface area contributed by atoms with E-state index >= 15 is 0 Å². The Bertz CT molecular complexity index is 2780. The van der Waals surface area contributed by atoms with Gasteiger partial charge in [-0.1, -0.05) is 41.9 Å². The molecule has 520 valence electrons. The van der Waals surface area contributed by atoms with E-state index in [1.807, 2.05) is 0 Å². The van der Waals surface area contributed by atoms with E-state index in [2.05, 4.69) is 67.8 Å². The van der Waals surface area contributed by atoms with E-state index in [1.54, 1.807) is 13.8 Å². The number of aliphatic hydroxyl groups is 2. The van der Waals surface area contributed by atoms with E-state index in [-0.39, 0.29) is 102 Å². The van der Waals surface area contributed by atoms with E-state index in [1.165, 1.54) is 22.3 Å². The fraction of sp³-hybridized carbons (Fsp3) is 0.691. The average molecular weight is 1350 g/mol. The monoisotopic (exact) mass is 1350 g/mol. The SMILES string of the molecule is CC[C@H](C)[C@@H]1NC(=O)[C@H](CO)NC(=O)[C@H](CCCCN)NC(=O)[C@H]([C@@H](C)O)NC(=O)[C@@H](NC(=O)[C@H](CCCN=C(N)N)NC(=O)CN)CSSC[C@@H](C(=O)N[C@@H](Cc2cnc[nH]2)C(=O)O)NC(=O)[C@H](CCCN=C(N)N)NC(=O)[C@@H]2CCCN2C(=O)[C@@H]2CCCN2C1=O. The summed E-state index contributed by atoms with van der Waals surface area (Å²) in [5, 5.41) is 54.8. The number of imidazole rings is 1. The lowest BCUT2D eigenvalue weighted by Crippen LogP contribution is -2.62. The summed E-state index contributed by atoms with van der Waals surface area (Å²) >= 11 is 0. The maximum atomic E-state index is 14.7. The topological polar surface area (TPSA) is 590 Å². The minimum atomic E-state index is -1.89. The normalized spacial score (nSPS) is 24.8. The molecule has 3 aliphatic rings. The molecular formula is C55H93N21O15S2. The van der Waals surface area contributed by atoms with Crippen LogP contribution in [0.15, 0.2) is 22.5 Å². The first-order chi connectivity index (χ1) is 44.2. The molecule has 3 aliphatic heterocycles. The van der Waals surface area contributed by atoms with Gasteiger partial charge in [0.1, 0.15) is 66.5 Å². The van der Waals surface area contributed by atoms with E-state index in [9.17, 15) is 72.9 Å². The number of aromatic amines is 1. The van der Waals surface area contributed by atoms with Crippen LogP contribution in [0.3, 0.4) is 0 Å². The molecule has 0 spiro atoms. The van der Waals surface area contributed by atoms with Crippen LogP contribution in [0, 0.1) is 5.92 Å². The number of H-pyrrole nitrogens is 1. The predicted octanol–water partition coefficient (Wildman–Crippen LogP) is -7.61. The number of aliphatic imine (C=N–C) groups is 2. The fourth-order valence-electron chi connectivity index (χ4n) is 10.3. The molecule has 0 aliphatic carbocycles. The van der Waals surface area contributed by atoms with Crippen LogP contribution in [-0.2, 0) is 64.0 Å². The van der Waals surface area contributed by atoms with Crippen LogP contribution < -0.4 is 82.3 Å². The molecule has 4 rings (SSSR count). The van der Waals surface area contributed by atoms with Crippen LogP contribution in [0.1, 0.15) is 104 Å². The van der Waals surface area contributed by atoms with Gasteiger partial charge in [0.2, 0.25) is 65.0 Å². The summed E-state index contributed by atoms with van der Waals surface area (Å²) in [5.41, 5.74) is 33.8. The standard InChI is InChI=1S/C55H93N21O15S2/c1-4-28(2)41-52(89)76-20-10-15-39(76)51(88)75-19-9-14-38(75)49(86)67-33(13-8-18-64-55(60)61)45(82)71-36(47(84)69-34(53(90)91)21-30-23-62-27-65-30)25-92-93-26-37(72-43(80)31(66-40(79)22-57)12-7-17-63-54(58)59)48(85)74-42(29(3)78)50(87)68-32(11-5-6-16-56)44(81)70-35(24-77)46(83)73-41/h23,27-29,31-39,41-42,77-78H,4-22,24-26,56-57H2,1-3H3,(H,62,65)(H,66,79)(H,67,86)(H,68,87)(H,69,84)(H,70,81)(H,71,82)(H,72,80)(H,73,83)(H,74,85)(H,90,91)(H4,58,59,63)(H4,60,61,64)/t28-,29+,31-,32-,33-,34-,35-,36-,37-,38-,39-,41-,42-/m0/s1. The molecule has 25 N–H and O–H groups in total. The molecule has 36 nitrogen and oxygen atoms in total. The van der Waals surface area contributed by atoms with Crippen molar-refractivity contribution in [1.82, 2.24) is 67.6 Å². The second-order valence-corrected chi connectivity index (χ2v) is 25.3. The average Bonchev–Trinajstić information content (AvgIpc) is 1.76. The molecule has 1 aromatic heterocycles. The summed E-state index contributed by atoms with van der Waals surface area (Å²) in [6, 6.07) is -16.5. The molecule has 0 unspecified atom stereocenters. The Balaban J connectivity index is 1.87. The van der Waals surface area contributed by atoms with Crippen LogP contribution in [0.2, 0.25) is 0 Å². The Hall–Kier alpha value is -8.07. The van der Waals surface area contributed by atoms with Gasteiger partial charge in [0.25, 0.3) is 0 Å². The van der Waals surface area contributed by atoms with Gasteiger partial charge < -0.3 is 112 Å². The van der Waals surface area contributed by atoms with Crippen molar-refractivity contribution in [2.45, 2.75) is 177 Å². The zero-order chi connectivity index (χ0) is 68.9. The Morgan fingerprint density at radius 2 is 1.28 bits per heavy atom. The molecule has 38 heteroatoms. The number of guanidine groups is 2. The van der Waals surface area contributed by atoms with Crippen molar-refractivity contribution < 1.29 is 72.9 Å². The number of hydrogen-bond acceptors (Lipinski definition) is 21. The van der Waals surface area contributed by atoms with E-state index < -0.39 is 174 Å². The highest BCUT2D eigenvalue weighted by molar-refractivity contribution is 8.76. The first kappa shape index (κ1) is 77.4. The third-order valence-corrected chi connectivity index (χ3v) is 18.1. The lowest BCUT2D eigenvalue weighted by atomic mass is 9.96. The highest BCUT2D eigenvalue weighted by Crippen LogP contribution is 2.28. The third kappa shape index (κ3) is 24.7. The summed E-state index contributed by atoms with van der Waals surface area (Å²) in [4.78, 5) is 187. The zero-order valence-electron chi connectivity index (χ0n) is 52.5. The summed E-state index contributed by atoms with van der Waals surface area (Å²) in [6.45, 7) is 3.32. The van der Waals surface area contributed by atoms with Gasteiger partial charge in [-0.15, -0.1) is 0 Å². The van der Waals surface area contributed by atoms with Gasteiger partial charge in [-0.05, 0) is 90.0 Å². The summed E-state index contributed by atoms with van der Waals surface area (Å²) in [5.74, 6) is -13.5. The number of carboxylic acids is 1. The highest BCUT2D eigenvalue weighted by atomic mass is 33.1. The molecule has 0 bridgehead atoms. The molecule has 0 radical (unpaired) electrons. The number of aliphatic hydroxyl groups excluding tert-OH is 2. The number of fused-ring (bicyclic) bond motifs is 2. The lowest BCUT2D eigenvalue weighted by molar-refractivity contribution is -0.149. The zero-order valence-corrected chi connectivity index (χ0v) is 54.1. The molecule has 4 heterocycles. The first-order valence-electron chi connectivity index (χ1n) is 30.8. The van der Waals surface area contributed by atoms with Gasteiger partial charge in [0, 0.05) is 56.0 Å². The fourth-order valence-corrected chi connectivity index (χ4v) is 12.7. The van der Waals surface area contributed by atoms with Gasteiger partial charge in [0.15, 0.2) is 11.9 Å². The van der Waals surface area contributed by atoms with E-state index in [0.717, 1.165) is 28.5 Å². The van der Waals surface area contributed by atoms with Crippen LogP contribution in [0.25, 0.3) is 0 Å². The van der Waals surface area contributed by atoms with Gasteiger partial charge in [-0.3, -0.25) is 62.7 Å². The number of nitrogens with one attached hydrogen (secondary N) is 10. The smallest absolute Gasteiger partial charge is 0.326 e. The van der Waals surface area contributed by atoms with Gasteiger partial charge in [-0.2, -0.15) is 0 Å². The molecule has 0 saturated carbocycles. The number of carboxylic acid groups (broad SMARTS) is 1. The van der Waals surface area contributed by atoms with Crippen molar-refractivity contribution in [3.8, 4) is 0 Å². The quantitative estimate of drug-likeness (QED) is 0.0187. The van der Waals surface area contributed by atoms with Crippen LogP contribution in [0.4, 0.5) is 0 Å². The van der Waals surface area contributed by atoms with Gasteiger partial charge >= 0.3 is 5.97 Å². The van der Waals surface area contributed by atoms with Crippen molar-refractivity contribution in [2.24, 2.45) is 50.3 Å². The summed E-state index contributed by atoms with van der Waals surface area (Å²) < 4.78 is 0. The number of hydrogen-bond donors (Lipinski definition) is 19. The van der Waals surface area contributed by atoms with Crippen LogP contribution in [-0.4, -0.2) is 248 Å². The number of carbonyl (C=O) groups is 12. The molecular weight excluding hydrogens is 1260 g/mol. The second-order valence-electron chi connectivity index (χ2n) is 22.7. The molecule has 0 aromatic carbocycles. The van der Waals surface area contributed by atoms with Crippen molar-refractivity contribution in [1.29, 1.82) is 0 Å². The number of aliphatic carboxylic acids is 1. The Kier molecular flexibility index (Phi) is 32.8. The predicted molar refractivity (Wildman–Crippen MR) is 342 cm³/mol. The lowest BCUT2D eigenvalue weighted by Gasteiger charge is -2.35. The van der Waals surface area contributed by atoms with Crippen molar-refractivity contribution in [2.75, 3.05) is 57.4 Å². The minimum absolute atomic E-state index is 0.0110. The molecule has 13 atom stereocenters. The molecule has 11 amide bonds. The highest BCUT2D eigenvalue weighted by Gasteiger charge is 2.46. The molecule has 93 heavy (non-hydrogen) atoms. The maximum Gasteiger partial charge on any atom is 0.326 e. The Labute approximate surface area is 545 Å². The second kappa shape index (κ2) is 39.5. The molecule has 3 saturated heterocycles. The number of nitrogens with zero attached hydrogens (tertiary/aromatic N) is 5. The Morgan fingerprint density at radius 3 is 1.87 bits per heavy atom. The van der Waals surface area contributed by atoms with Crippen molar-refractivity contribution >= 4 is 104 Å². The first-order valence-corrected chi connectivity index (χ1v) is 33.3. The van der Waals surface area contributed by atoms with E-state index in [0.29, 0.717) is 31.4 Å². The Morgan fingerprint density at radius 1 is 0.699 bits per heavy atom. The number of unbranched alkanes of at least 4 members (excludes halogenated alkanes) is 1. The summed E-state index contributed by atoms with van der Waals surface area (Å²) in [6.07, 6.45) is 2.31. The van der Waals surface area contributed by atoms with Crippen LogP contribution >= 0.6 is 21.6 Å². The summed E-state index contributed by atoms with van der Waals surface area (Å²) in [7, 11) is 1.66. The third-order valence-electron chi connectivity index (χ3n) is 15.7. The number of nitrogens with two attached hydrogens (primary N) is 6. The van der Waals surface area contributed by atoms with Crippen LogP contribution in [0.5, 0.6) is 0 Å². The van der Waals surface area contributed by atoms with Crippen molar-refractivity contribution in [3.63, 3.8) is 0 Å². The van der Waals surface area contributed by atoms with Gasteiger partial charge in [0.05, 0.1) is 25.6 Å². The van der Waals surface area contributed by atoms with E-state index in [4.69, 9.17) is 34.4 Å². The number of aromatic nitrogens is 2. The van der Waals surface area contributed by atoms with Gasteiger partial charge in [-0.25, -0.2) is 9.78 Å². The minimum Gasteiger partial charge on any atom is -0.480 e. The number of amides is 11.